The number of hydrogen-bond donors (Lipinski definition) is 3. The highest BCUT2D eigenvalue weighted by Gasteiger charge is 2.18. The van der Waals surface area contributed by atoms with Crippen LogP contribution in [0.1, 0.15) is 10.4 Å². The molecule has 2 aromatic carbocycles. The van der Waals surface area contributed by atoms with Crippen molar-refractivity contribution in [3.63, 3.8) is 0 Å². The lowest BCUT2D eigenvalue weighted by atomic mass is 10.1. The van der Waals surface area contributed by atoms with E-state index in [4.69, 9.17) is 40.5 Å². The monoisotopic (exact) mass is 451 g/mol. The molecule has 0 heterocycles. The van der Waals surface area contributed by atoms with E-state index in [2.05, 4.69) is 11.9 Å². The van der Waals surface area contributed by atoms with E-state index in [1.54, 1.807) is 59.5 Å². The van der Waals surface area contributed by atoms with Crippen molar-refractivity contribution in [1.82, 2.24) is 0 Å². The predicted octanol–water partition coefficient (Wildman–Crippen LogP) is 5.15. The van der Waals surface area contributed by atoms with Crippen molar-refractivity contribution in [1.29, 1.82) is 0 Å². The van der Waals surface area contributed by atoms with Crippen LogP contribution in [0, 0.1) is 0 Å². The Morgan fingerprint density at radius 1 is 1.21 bits per heavy atom. The van der Waals surface area contributed by atoms with Gasteiger partial charge in [0.05, 0.1) is 28.0 Å². The van der Waals surface area contributed by atoms with Crippen LogP contribution in [0.3, 0.4) is 0 Å². The van der Waals surface area contributed by atoms with Crippen LogP contribution in [-0.4, -0.2) is 24.2 Å². The molecule has 0 radical (unpaired) electrons. The van der Waals surface area contributed by atoms with E-state index in [0.717, 1.165) is 0 Å². The Balaban J connectivity index is 2.34. The number of amides is 1. The van der Waals surface area contributed by atoms with Gasteiger partial charge < -0.3 is 21.1 Å². The van der Waals surface area contributed by atoms with Gasteiger partial charge in [-0.3, -0.25) is 4.79 Å². The molecule has 0 spiro atoms. The topological polar surface area (TPSA) is 78.6 Å². The Labute approximate surface area is 184 Å². The van der Waals surface area contributed by atoms with Gasteiger partial charge in [-0.05, 0) is 60.8 Å². The van der Waals surface area contributed by atoms with Crippen molar-refractivity contribution in [3.05, 3.63) is 93.7 Å². The lowest BCUT2D eigenvalue weighted by molar-refractivity contribution is 0.102. The minimum absolute atomic E-state index is 0.173. The Morgan fingerprint density at radius 2 is 1.90 bits per heavy atom. The molecule has 4 N–H and O–H groups in total. The highest BCUT2D eigenvalue weighted by Crippen LogP contribution is 2.32. The molecule has 5 nitrogen and oxygen atoms in total. The van der Waals surface area contributed by atoms with E-state index < -0.39 is 0 Å². The summed E-state index contributed by atoms with van der Waals surface area (Å²) in [4.78, 5) is 14.3. The first kappa shape index (κ1) is 22.8. The molecule has 0 fully saturated rings. The highest BCUT2D eigenvalue weighted by atomic mass is 35.5. The Morgan fingerprint density at radius 3 is 2.52 bits per heavy atom. The molecule has 2 rings (SSSR count). The molecule has 29 heavy (non-hydrogen) atoms. The molecule has 0 aliphatic carbocycles. The van der Waals surface area contributed by atoms with Crippen LogP contribution in [-0.2, 0) is 0 Å². The average Bonchev–Trinajstić information content (AvgIpc) is 2.72. The number of nitrogens with one attached hydrogen (secondary N) is 1. The van der Waals surface area contributed by atoms with Gasteiger partial charge in [-0.2, -0.15) is 0 Å². The van der Waals surface area contributed by atoms with Crippen molar-refractivity contribution in [2.75, 3.05) is 23.4 Å². The van der Waals surface area contributed by atoms with Crippen molar-refractivity contribution < 1.29 is 9.90 Å². The molecule has 8 heteroatoms. The third kappa shape index (κ3) is 6.27. The van der Waals surface area contributed by atoms with E-state index in [0.29, 0.717) is 37.7 Å². The fraction of sp³-hybridized carbons (Fsp3) is 0.0952. The smallest absolute Gasteiger partial charge is 0.255 e. The number of carbonyl (C=O) groups excluding carboxylic acids is 1. The number of aliphatic hydroxyl groups excluding tert-OH is 1. The molecule has 0 atom stereocenters. The SMILES string of the molecule is C=C(/C(Cl)=C\C=C/N)N(CCO)c1cc(C(=O)Nc2ccc(Cl)cc2)ccc1Cl. The summed E-state index contributed by atoms with van der Waals surface area (Å²) in [5.41, 5.74) is 7.19. The number of allylic oxidation sites excluding steroid dienone is 3. The molecule has 2 aromatic rings. The molecule has 0 aromatic heterocycles. The van der Waals surface area contributed by atoms with Gasteiger partial charge in [-0.15, -0.1) is 0 Å². The van der Waals surface area contributed by atoms with Gasteiger partial charge in [0.1, 0.15) is 0 Å². The number of carbonyl (C=O) groups is 1. The summed E-state index contributed by atoms with van der Waals surface area (Å²) >= 11 is 18.5. The Bertz CT molecular complexity index is 941. The molecule has 0 saturated heterocycles. The van der Waals surface area contributed by atoms with E-state index in [1.165, 1.54) is 6.20 Å². The number of rotatable bonds is 8. The first-order chi connectivity index (χ1) is 13.9. The maximum atomic E-state index is 12.7. The lowest BCUT2D eigenvalue weighted by Gasteiger charge is -2.27. The lowest BCUT2D eigenvalue weighted by Crippen LogP contribution is -2.26. The van der Waals surface area contributed by atoms with Crippen LogP contribution < -0.4 is 16.0 Å². The van der Waals surface area contributed by atoms with E-state index in [9.17, 15) is 9.90 Å². The van der Waals surface area contributed by atoms with Gasteiger partial charge in [-0.1, -0.05) is 41.4 Å². The Kier molecular flexibility index (Phi) is 8.61. The predicted molar refractivity (Wildman–Crippen MR) is 122 cm³/mol. The number of hydrogen-bond acceptors (Lipinski definition) is 4. The Hall–Kier alpha value is -2.44. The molecule has 1 amide bonds. The van der Waals surface area contributed by atoms with Crippen LogP contribution in [0.25, 0.3) is 0 Å². The van der Waals surface area contributed by atoms with Crippen LogP contribution in [0.5, 0.6) is 0 Å². The molecule has 0 saturated carbocycles. The van der Waals surface area contributed by atoms with Crippen LogP contribution in [0.15, 0.2) is 78.1 Å². The van der Waals surface area contributed by atoms with Crippen LogP contribution in [0.2, 0.25) is 10.0 Å². The first-order valence-electron chi connectivity index (χ1n) is 8.55. The summed E-state index contributed by atoms with van der Waals surface area (Å²) in [6.45, 7) is 3.97. The van der Waals surface area contributed by atoms with Gasteiger partial charge >= 0.3 is 0 Å². The van der Waals surface area contributed by atoms with Gasteiger partial charge in [-0.25, -0.2) is 0 Å². The van der Waals surface area contributed by atoms with Gasteiger partial charge in [0.25, 0.3) is 5.91 Å². The molecular formula is C21H20Cl3N3O2. The largest absolute Gasteiger partial charge is 0.405 e. The van der Waals surface area contributed by atoms with Crippen molar-refractivity contribution >= 4 is 52.1 Å². The zero-order valence-electron chi connectivity index (χ0n) is 15.4. The third-order valence-electron chi connectivity index (χ3n) is 3.88. The normalized spacial score (nSPS) is 11.5. The van der Waals surface area contributed by atoms with Crippen molar-refractivity contribution in [2.24, 2.45) is 5.73 Å². The van der Waals surface area contributed by atoms with E-state index in [1.807, 2.05) is 0 Å². The van der Waals surface area contributed by atoms with E-state index in [-0.39, 0.29) is 19.1 Å². The molecule has 0 aliphatic heterocycles. The number of anilines is 2. The molecule has 152 valence electrons. The summed E-state index contributed by atoms with van der Waals surface area (Å²) in [7, 11) is 0. The van der Waals surface area contributed by atoms with Gasteiger partial charge in [0.15, 0.2) is 0 Å². The number of halogens is 3. The molecule has 0 unspecified atom stereocenters. The fourth-order valence-corrected chi connectivity index (χ4v) is 2.98. The minimum Gasteiger partial charge on any atom is -0.405 e. The molecular weight excluding hydrogens is 433 g/mol. The quantitative estimate of drug-likeness (QED) is 0.484. The zero-order chi connectivity index (χ0) is 21.4. The maximum Gasteiger partial charge on any atom is 0.255 e. The second-order valence-corrected chi connectivity index (χ2v) is 7.10. The second-order valence-electron chi connectivity index (χ2n) is 5.85. The van der Waals surface area contributed by atoms with Crippen molar-refractivity contribution in [3.8, 4) is 0 Å². The summed E-state index contributed by atoms with van der Waals surface area (Å²) in [6.07, 6.45) is 4.46. The second kappa shape index (κ2) is 10.9. The summed E-state index contributed by atoms with van der Waals surface area (Å²) in [6, 6.07) is 11.6. The molecule has 0 bridgehead atoms. The number of aliphatic hydroxyl groups is 1. The number of nitrogens with zero attached hydrogens (tertiary/aromatic N) is 1. The average molecular weight is 453 g/mol. The zero-order valence-corrected chi connectivity index (χ0v) is 17.7. The maximum absolute atomic E-state index is 12.7. The highest BCUT2D eigenvalue weighted by molar-refractivity contribution is 6.34. The standard InChI is InChI=1S/C21H20Cl3N3O2/c1-14(18(23)3-2-10-25)27(11-12-28)20-13-15(4-9-19(20)24)21(29)26-17-7-5-16(22)6-8-17/h2-10,13,28H,1,11-12,25H2,(H,26,29)/b10-2-,18-3+. The molecule has 0 aliphatic rings. The van der Waals surface area contributed by atoms with E-state index >= 15 is 0 Å². The van der Waals surface area contributed by atoms with Crippen LogP contribution >= 0.6 is 34.8 Å². The minimum atomic E-state index is -0.326. The van der Waals surface area contributed by atoms with Crippen molar-refractivity contribution in [2.45, 2.75) is 0 Å². The van der Waals surface area contributed by atoms with Gasteiger partial charge in [0, 0.05) is 22.8 Å². The van der Waals surface area contributed by atoms with Crippen LogP contribution in [0.4, 0.5) is 11.4 Å². The fourth-order valence-electron chi connectivity index (χ4n) is 2.46. The number of nitrogens with two attached hydrogens (primary N) is 1. The third-order valence-corrected chi connectivity index (χ3v) is 4.80. The van der Waals surface area contributed by atoms with Gasteiger partial charge in [0.2, 0.25) is 0 Å². The summed E-state index contributed by atoms with van der Waals surface area (Å²) in [5, 5.41) is 13.5. The number of benzene rings is 2. The summed E-state index contributed by atoms with van der Waals surface area (Å²) in [5.74, 6) is -0.326. The first-order valence-corrected chi connectivity index (χ1v) is 9.69. The summed E-state index contributed by atoms with van der Waals surface area (Å²) < 4.78 is 0.